The Morgan fingerprint density at radius 2 is 1.90 bits per heavy atom. The fourth-order valence-electron chi connectivity index (χ4n) is 3.22. The monoisotopic (exact) mass is 296 g/mol. The summed E-state index contributed by atoms with van der Waals surface area (Å²) in [7, 11) is 0. The number of nitrogens with zero attached hydrogens (tertiary/aromatic N) is 1. The van der Waals surface area contributed by atoms with Gasteiger partial charge in [0.1, 0.15) is 17.3 Å². The van der Waals surface area contributed by atoms with E-state index < -0.39 is 11.6 Å². The Morgan fingerprint density at radius 3 is 2.43 bits per heavy atom. The van der Waals surface area contributed by atoms with Crippen molar-refractivity contribution in [2.45, 2.75) is 58.5 Å². The zero-order valence-electron chi connectivity index (χ0n) is 13.2. The highest BCUT2D eigenvalue weighted by Gasteiger charge is 2.31. The van der Waals surface area contributed by atoms with Crippen molar-refractivity contribution in [2.75, 3.05) is 11.4 Å². The molecule has 0 aromatic heterocycles. The molecule has 1 saturated heterocycles. The van der Waals surface area contributed by atoms with Crippen molar-refractivity contribution in [1.82, 2.24) is 0 Å². The summed E-state index contributed by atoms with van der Waals surface area (Å²) in [5, 5.41) is 0. The predicted molar refractivity (Wildman–Crippen MR) is 83.5 cm³/mol. The Bertz CT molecular complexity index is 465. The molecule has 1 aliphatic rings. The molecule has 4 heteroatoms. The Kier molecular flexibility index (Phi) is 5.20. The molecule has 1 fully saturated rings. The summed E-state index contributed by atoms with van der Waals surface area (Å²) < 4.78 is 28.9. The van der Waals surface area contributed by atoms with E-state index in [0.29, 0.717) is 17.9 Å². The standard InChI is InChI=1S/C17H26F2N2/c1-4-13(20)8-12-9-14(18)17(15(19)10-12)21-7-5-6-16(21)11(2)3/h9-11,13,16H,4-8,20H2,1-3H3. The normalized spacial score (nSPS) is 20.3. The zero-order valence-corrected chi connectivity index (χ0v) is 13.2. The van der Waals surface area contributed by atoms with Crippen LogP contribution in [0.25, 0.3) is 0 Å². The van der Waals surface area contributed by atoms with Gasteiger partial charge in [-0.15, -0.1) is 0 Å². The molecule has 0 amide bonds. The molecular weight excluding hydrogens is 270 g/mol. The van der Waals surface area contributed by atoms with Crippen molar-refractivity contribution in [2.24, 2.45) is 11.7 Å². The first-order valence-electron chi connectivity index (χ1n) is 7.94. The first-order chi connectivity index (χ1) is 9.93. The molecular formula is C17H26F2N2. The van der Waals surface area contributed by atoms with Gasteiger partial charge >= 0.3 is 0 Å². The van der Waals surface area contributed by atoms with Crippen LogP contribution in [0.2, 0.25) is 0 Å². The molecule has 0 saturated carbocycles. The van der Waals surface area contributed by atoms with Crippen molar-refractivity contribution < 1.29 is 8.78 Å². The van der Waals surface area contributed by atoms with Crippen molar-refractivity contribution in [3.8, 4) is 0 Å². The minimum atomic E-state index is -0.458. The van der Waals surface area contributed by atoms with Crippen LogP contribution in [0.3, 0.4) is 0 Å². The van der Waals surface area contributed by atoms with Crippen LogP contribution in [0.1, 0.15) is 45.6 Å². The van der Waals surface area contributed by atoms with Crippen LogP contribution in [0.5, 0.6) is 0 Å². The maximum Gasteiger partial charge on any atom is 0.149 e. The fourth-order valence-corrected chi connectivity index (χ4v) is 3.22. The van der Waals surface area contributed by atoms with Crippen molar-refractivity contribution >= 4 is 5.69 Å². The third kappa shape index (κ3) is 3.54. The molecule has 2 unspecified atom stereocenters. The van der Waals surface area contributed by atoms with Crippen LogP contribution in [0, 0.1) is 17.6 Å². The largest absolute Gasteiger partial charge is 0.364 e. The molecule has 0 aliphatic carbocycles. The average molecular weight is 296 g/mol. The second kappa shape index (κ2) is 6.73. The second-order valence-corrected chi connectivity index (χ2v) is 6.43. The van der Waals surface area contributed by atoms with Gasteiger partial charge in [0.2, 0.25) is 0 Å². The molecule has 2 rings (SSSR count). The van der Waals surface area contributed by atoms with Crippen LogP contribution in [-0.2, 0) is 6.42 Å². The third-order valence-corrected chi connectivity index (χ3v) is 4.45. The molecule has 1 aromatic rings. The maximum atomic E-state index is 14.4. The lowest BCUT2D eigenvalue weighted by Crippen LogP contribution is -2.34. The summed E-state index contributed by atoms with van der Waals surface area (Å²) in [5.41, 5.74) is 6.65. The average Bonchev–Trinajstić information content (AvgIpc) is 2.87. The van der Waals surface area contributed by atoms with Gasteiger partial charge in [-0.25, -0.2) is 8.78 Å². The van der Waals surface area contributed by atoms with Gasteiger partial charge in [0.05, 0.1) is 0 Å². The number of hydrogen-bond donors (Lipinski definition) is 1. The highest BCUT2D eigenvalue weighted by atomic mass is 19.1. The lowest BCUT2D eigenvalue weighted by atomic mass is 10.0. The number of benzene rings is 1. The van der Waals surface area contributed by atoms with E-state index in [2.05, 4.69) is 13.8 Å². The van der Waals surface area contributed by atoms with Crippen LogP contribution >= 0.6 is 0 Å². The second-order valence-electron chi connectivity index (χ2n) is 6.43. The fraction of sp³-hybridized carbons (Fsp3) is 0.647. The van der Waals surface area contributed by atoms with Gasteiger partial charge < -0.3 is 10.6 Å². The Morgan fingerprint density at radius 1 is 1.29 bits per heavy atom. The number of nitrogens with two attached hydrogens (primary N) is 1. The van der Waals surface area contributed by atoms with E-state index in [0.717, 1.165) is 25.8 Å². The predicted octanol–water partition coefficient (Wildman–Crippen LogP) is 3.87. The van der Waals surface area contributed by atoms with E-state index >= 15 is 0 Å². The van der Waals surface area contributed by atoms with Crippen LogP contribution in [-0.4, -0.2) is 18.6 Å². The summed E-state index contributed by atoms with van der Waals surface area (Å²) in [6.45, 7) is 6.91. The van der Waals surface area contributed by atoms with Crippen LogP contribution < -0.4 is 10.6 Å². The molecule has 2 nitrogen and oxygen atoms in total. The zero-order chi connectivity index (χ0) is 15.6. The van der Waals surface area contributed by atoms with E-state index in [1.54, 1.807) is 0 Å². The highest BCUT2D eigenvalue weighted by molar-refractivity contribution is 5.52. The number of anilines is 1. The SMILES string of the molecule is CCC(N)Cc1cc(F)c(N2CCCC2C(C)C)c(F)c1. The summed E-state index contributed by atoms with van der Waals surface area (Å²) in [4.78, 5) is 1.90. The molecule has 0 radical (unpaired) electrons. The van der Waals surface area contributed by atoms with E-state index in [-0.39, 0.29) is 17.8 Å². The molecule has 1 aliphatic heterocycles. The summed E-state index contributed by atoms with van der Waals surface area (Å²) in [6.07, 6.45) is 3.30. The smallest absolute Gasteiger partial charge is 0.149 e. The Labute approximate surface area is 126 Å². The van der Waals surface area contributed by atoms with Gasteiger partial charge in [-0.2, -0.15) is 0 Å². The van der Waals surface area contributed by atoms with Gasteiger partial charge in [0.25, 0.3) is 0 Å². The minimum absolute atomic E-state index is 0.0511. The van der Waals surface area contributed by atoms with Gasteiger partial charge in [0.15, 0.2) is 0 Å². The lowest BCUT2D eigenvalue weighted by molar-refractivity contribution is 0.476. The summed E-state index contributed by atoms with van der Waals surface area (Å²) in [6, 6.07) is 3.07. The van der Waals surface area contributed by atoms with Gasteiger partial charge in [-0.3, -0.25) is 0 Å². The Balaban J connectivity index is 2.28. The third-order valence-electron chi connectivity index (χ3n) is 4.45. The van der Waals surface area contributed by atoms with Crippen LogP contribution in [0.4, 0.5) is 14.5 Å². The maximum absolute atomic E-state index is 14.4. The van der Waals surface area contributed by atoms with Crippen molar-refractivity contribution in [3.63, 3.8) is 0 Å². The Hall–Kier alpha value is -1.16. The molecule has 118 valence electrons. The van der Waals surface area contributed by atoms with Gasteiger partial charge in [-0.05, 0) is 49.3 Å². The van der Waals surface area contributed by atoms with E-state index in [1.165, 1.54) is 12.1 Å². The van der Waals surface area contributed by atoms with E-state index in [1.807, 2.05) is 11.8 Å². The molecule has 2 atom stereocenters. The molecule has 1 heterocycles. The minimum Gasteiger partial charge on any atom is -0.364 e. The lowest BCUT2D eigenvalue weighted by Gasteiger charge is -2.30. The molecule has 0 bridgehead atoms. The van der Waals surface area contributed by atoms with Crippen molar-refractivity contribution in [1.29, 1.82) is 0 Å². The number of rotatable bonds is 5. The molecule has 0 spiro atoms. The van der Waals surface area contributed by atoms with Gasteiger partial charge in [-0.1, -0.05) is 20.8 Å². The molecule has 1 aromatic carbocycles. The molecule has 21 heavy (non-hydrogen) atoms. The number of halogens is 2. The highest BCUT2D eigenvalue weighted by Crippen LogP contribution is 2.34. The topological polar surface area (TPSA) is 29.3 Å². The van der Waals surface area contributed by atoms with Crippen LogP contribution in [0.15, 0.2) is 12.1 Å². The van der Waals surface area contributed by atoms with E-state index in [9.17, 15) is 8.78 Å². The number of hydrogen-bond acceptors (Lipinski definition) is 2. The first-order valence-corrected chi connectivity index (χ1v) is 7.94. The first kappa shape index (κ1) is 16.2. The van der Waals surface area contributed by atoms with E-state index in [4.69, 9.17) is 5.73 Å². The quantitative estimate of drug-likeness (QED) is 0.893. The summed E-state index contributed by atoms with van der Waals surface area (Å²) in [5.74, 6) is -0.527. The van der Waals surface area contributed by atoms with Crippen molar-refractivity contribution in [3.05, 3.63) is 29.3 Å². The molecule has 2 N–H and O–H groups in total. The van der Waals surface area contributed by atoms with Gasteiger partial charge in [0, 0.05) is 18.6 Å². The summed E-state index contributed by atoms with van der Waals surface area (Å²) >= 11 is 0.